The lowest BCUT2D eigenvalue weighted by atomic mass is 10.0. The number of hydrogen-bond acceptors (Lipinski definition) is 6. The van der Waals surface area contributed by atoms with E-state index in [0.717, 1.165) is 49.8 Å². The summed E-state index contributed by atoms with van der Waals surface area (Å²) in [5, 5.41) is 0. The summed E-state index contributed by atoms with van der Waals surface area (Å²) >= 11 is 0. The number of benzene rings is 1. The molecule has 2 aliphatic heterocycles. The van der Waals surface area contributed by atoms with E-state index in [2.05, 4.69) is 33.7 Å². The third-order valence-corrected chi connectivity index (χ3v) is 5.81. The molecule has 0 bridgehead atoms. The summed E-state index contributed by atoms with van der Waals surface area (Å²) in [4.78, 5) is 11.2. The number of pyridine rings is 1. The van der Waals surface area contributed by atoms with Gasteiger partial charge in [0.05, 0.1) is 24.6 Å². The number of anilines is 3. The van der Waals surface area contributed by atoms with Gasteiger partial charge in [-0.25, -0.2) is 9.37 Å². The minimum atomic E-state index is -0.267. The van der Waals surface area contributed by atoms with E-state index in [0.29, 0.717) is 30.5 Å². The minimum Gasteiger partial charge on any atom is -0.397 e. The second kappa shape index (κ2) is 7.93. The average molecular weight is 385 g/mol. The number of piperazine rings is 1. The van der Waals surface area contributed by atoms with Crippen molar-refractivity contribution < 1.29 is 9.13 Å². The SMILES string of the molecule is CC1CN(c2cc(F)c(-c3ccc(N4CCOCC4)nc3)cc2N)CCN1C. The van der Waals surface area contributed by atoms with Crippen molar-refractivity contribution in [3.05, 3.63) is 36.3 Å². The largest absolute Gasteiger partial charge is 0.397 e. The maximum absolute atomic E-state index is 15.0. The van der Waals surface area contributed by atoms with E-state index >= 15 is 0 Å². The van der Waals surface area contributed by atoms with E-state index in [1.165, 1.54) is 0 Å². The minimum absolute atomic E-state index is 0.267. The maximum atomic E-state index is 15.0. The zero-order chi connectivity index (χ0) is 19.7. The van der Waals surface area contributed by atoms with Gasteiger partial charge in [0.1, 0.15) is 11.6 Å². The number of nitrogen functional groups attached to an aromatic ring is 1. The van der Waals surface area contributed by atoms with Crippen LogP contribution in [0.4, 0.5) is 21.6 Å². The molecule has 3 heterocycles. The van der Waals surface area contributed by atoms with Gasteiger partial charge in [0.2, 0.25) is 0 Å². The topological polar surface area (TPSA) is 57.9 Å². The molecular weight excluding hydrogens is 357 g/mol. The molecule has 0 radical (unpaired) electrons. The number of nitrogens with zero attached hydrogens (tertiary/aromatic N) is 4. The van der Waals surface area contributed by atoms with Crippen LogP contribution in [-0.4, -0.2) is 68.9 Å². The van der Waals surface area contributed by atoms with E-state index in [-0.39, 0.29) is 5.82 Å². The van der Waals surface area contributed by atoms with Gasteiger partial charge in [-0.05, 0) is 38.2 Å². The van der Waals surface area contributed by atoms with Crippen LogP contribution < -0.4 is 15.5 Å². The second-order valence-electron chi connectivity index (χ2n) is 7.67. The number of ether oxygens (including phenoxy) is 1. The van der Waals surface area contributed by atoms with Crippen molar-refractivity contribution in [1.82, 2.24) is 9.88 Å². The monoisotopic (exact) mass is 385 g/mol. The molecular formula is C21H28FN5O. The van der Waals surface area contributed by atoms with E-state index in [1.54, 1.807) is 18.3 Å². The van der Waals surface area contributed by atoms with Crippen molar-refractivity contribution in [3.8, 4) is 11.1 Å². The van der Waals surface area contributed by atoms with Crippen LogP contribution >= 0.6 is 0 Å². The van der Waals surface area contributed by atoms with E-state index < -0.39 is 0 Å². The predicted octanol–water partition coefficient (Wildman–Crippen LogP) is 2.45. The fraction of sp³-hybridized carbons (Fsp3) is 0.476. The van der Waals surface area contributed by atoms with Gasteiger partial charge in [0, 0.05) is 56.1 Å². The number of aromatic nitrogens is 1. The highest BCUT2D eigenvalue weighted by atomic mass is 19.1. The van der Waals surface area contributed by atoms with E-state index in [9.17, 15) is 4.39 Å². The van der Waals surface area contributed by atoms with Crippen molar-refractivity contribution in [1.29, 1.82) is 0 Å². The summed E-state index contributed by atoms with van der Waals surface area (Å²) in [7, 11) is 2.11. The molecule has 1 atom stereocenters. The van der Waals surface area contributed by atoms with Crippen LogP contribution in [0.5, 0.6) is 0 Å². The van der Waals surface area contributed by atoms with Crippen LogP contribution in [0.3, 0.4) is 0 Å². The zero-order valence-electron chi connectivity index (χ0n) is 16.6. The first-order valence-corrected chi connectivity index (χ1v) is 9.86. The molecule has 28 heavy (non-hydrogen) atoms. The molecule has 0 amide bonds. The summed E-state index contributed by atoms with van der Waals surface area (Å²) in [5.74, 6) is 0.625. The molecule has 2 N–H and O–H groups in total. The Kier molecular flexibility index (Phi) is 5.37. The molecule has 2 saturated heterocycles. The first-order chi connectivity index (χ1) is 13.5. The standard InChI is InChI=1S/C21H28FN5O/c1-15-14-27(6-5-25(15)2)20-12-18(22)17(11-19(20)23)16-3-4-21(24-13-16)26-7-9-28-10-8-26/h3-4,11-13,15H,5-10,14,23H2,1-2H3. The first kappa shape index (κ1) is 19.0. The molecule has 1 aromatic carbocycles. The molecule has 150 valence electrons. The number of likely N-dealkylation sites (N-methyl/N-ethyl adjacent to an activating group) is 1. The van der Waals surface area contributed by atoms with Crippen LogP contribution in [0.15, 0.2) is 30.5 Å². The van der Waals surface area contributed by atoms with Crippen LogP contribution in [0.25, 0.3) is 11.1 Å². The summed E-state index contributed by atoms with van der Waals surface area (Å²) in [6.07, 6.45) is 1.72. The van der Waals surface area contributed by atoms with Crippen molar-refractivity contribution >= 4 is 17.2 Å². The van der Waals surface area contributed by atoms with Crippen molar-refractivity contribution in [2.24, 2.45) is 0 Å². The Morgan fingerprint density at radius 1 is 1.11 bits per heavy atom. The van der Waals surface area contributed by atoms with Crippen LogP contribution in [0.1, 0.15) is 6.92 Å². The molecule has 2 fully saturated rings. The Morgan fingerprint density at radius 3 is 2.57 bits per heavy atom. The Hall–Kier alpha value is -2.38. The summed E-state index contributed by atoms with van der Waals surface area (Å²) < 4.78 is 20.3. The van der Waals surface area contributed by atoms with Crippen molar-refractivity contribution in [2.45, 2.75) is 13.0 Å². The maximum Gasteiger partial charge on any atom is 0.133 e. The van der Waals surface area contributed by atoms with E-state index in [4.69, 9.17) is 10.5 Å². The highest BCUT2D eigenvalue weighted by Gasteiger charge is 2.23. The summed E-state index contributed by atoms with van der Waals surface area (Å²) in [6, 6.07) is 7.56. The van der Waals surface area contributed by atoms with Gasteiger partial charge < -0.3 is 25.2 Å². The van der Waals surface area contributed by atoms with Crippen molar-refractivity contribution in [3.63, 3.8) is 0 Å². The molecule has 2 aliphatic rings. The lowest BCUT2D eigenvalue weighted by Gasteiger charge is -2.39. The Labute approximate surface area is 165 Å². The molecule has 0 saturated carbocycles. The molecule has 1 unspecified atom stereocenters. The van der Waals surface area contributed by atoms with Gasteiger partial charge in [-0.1, -0.05) is 0 Å². The predicted molar refractivity (Wildman–Crippen MR) is 111 cm³/mol. The van der Waals surface area contributed by atoms with Gasteiger partial charge >= 0.3 is 0 Å². The Balaban J connectivity index is 1.56. The summed E-state index contributed by atoms with van der Waals surface area (Å²) in [5.41, 5.74) is 8.93. The molecule has 0 spiro atoms. The molecule has 2 aromatic rings. The molecule has 6 nitrogen and oxygen atoms in total. The van der Waals surface area contributed by atoms with Crippen LogP contribution in [-0.2, 0) is 4.74 Å². The third kappa shape index (κ3) is 3.77. The third-order valence-electron chi connectivity index (χ3n) is 5.81. The van der Waals surface area contributed by atoms with Gasteiger partial charge in [0.15, 0.2) is 0 Å². The van der Waals surface area contributed by atoms with E-state index in [1.807, 2.05) is 12.1 Å². The first-order valence-electron chi connectivity index (χ1n) is 9.86. The number of morpholine rings is 1. The quantitative estimate of drug-likeness (QED) is 0.819. The molecule has 7 heteroatoms. The van der Waals surface area contributed by atoms with Gasteiger partial charge in [-0.3, -0.25) is 0 Å². The van der Waals surface area contributed by atoms with Crippen LogP contribution in [0.2, 0.25) is 0 Å². The fourth-order valence-corrected chi connectivity index (χ4v) is 3.87. The Morgan fingerprint density at radius 2 is 1.89 bits per heavy atom. The molecule has 0 aliphatic carbocycles. The molecule has 1 aromatic heterocycles. The number of halogens is 1. The van der Waals surface area contributed by atoms with Gasteiger partial charge in [-0.2, -0.15) is 0 Å². The second-order valence-corrected chi connectivity index (χ2v) is 7.67. The summed E-state index contributed by atoms with van der Waals surface area (Å²) in [6.45, 7) is 7.88. The van der Waals surface area contributed by atoms with Gasteiger partial charge in [-0.15, -0.1) is 0 Å². The Bertz CT molecular complexity index is 822. The number of hydrogen-bond donors (Lipinski definition) is 1. The van der Waals surface area contributed by atoms with Gasteiger partial charge in [0.25, 0.3) is 0 Å². The number of nitrogens with two attached hydrogens (primary N) is 1. The smallest absolute Gasteiger partial charge is 0.133 e. The number of rotatable bonds is 3. The van der Waals surface area contributed by atoms with Crippen molar-refractivity contribution in [2.75, 3.05) is 68.5 Å². The highest BCUT2D eigenvalue weighted by molar-refractivity contribution is 5.77. The lowest BCUT2D eigenvalue weighted by Crippen LogP contribution is -2.50. The lowest BCUT2D eigenvalue weighted by molar-refractivity contribution is 0.122. The molecule has 4 rings (SSSR count). The highest BCUT2D eigenvalue weighted by Crippen LogP contribution is 2.33. The zero-order valence-corrected chi connectivity index (χ0v) is 16.6. The fourth-order valence-electron chi connectivity index (χ4n) is 3.87. The van der Waals surface area contributed by atoms with Crippen LogP contribution in [0, 0.1) is 5.82 Å². The average Bonchev–Trinajstić information content (AvgIpc) is 2.72. The normalized spacial score (nSPS) is 21.2.